The number of rotatable bonds is 6. The Morgan fingerprint density at radius 3 is 2.63 bits per heavy atom. The molecule has 0 saturated heterocycles. The van der Waals surface area contributed by atoms with Crippen LogP contribution in [0, 0.1) is 0 Å². The van der Waals surface area contributed by atoms with Gasteiger partial charge in [-0.05, 0) is 12.1 Å². The van der Waals surface area contributed by atoms with Crippen LogP contribution < -0.4 is 15.8 Å². The molecule has 7 heteroatoms. The lowest BCUT2D eigenvalue weighted by molar-refractivity contribution is -0.137. The van der Waals surface area contributed by atoms with Gasteiger partial charge in [0.2, 0.25) is 5.91 Å². The van der Waals surface area contributed by atoms with E-state index >= 15 is 0 Å². The average Bonchev–Trinajstić information content (AvgIpc) is 2.40. The molecule has 3 N–H and O–H groups in total. The van der Waals surface area contributed by atoms with E-state index < -0.39 is 0 Å². The number of thioether (sulfide) groups is 1. The number of esters is 1. The molecule has 0 radical (unpaired) electrons. The van der Waals surface area contributed by atoms with E-state index in [-0.39, 0.29) is 23.4 Å². The molecule has 0 fully saturated rings. The second-order valence-electron chi connectivity index (χ2n) is 3.57. The molecule has 0 saturated carbocycles. The molecular weight excluding hydrogens is 268 g/mol. The first-order chi connectivity index (χ1) is 9.06. The highest BCUT2D eigenvalue weighted by Crippen LogP contribution is 2.24. The second-order valence-corrected chi connectivity index (χ2v) is 4.56. The van der Waals surface area contributed by atoms with Crippen molar-refractivity contribution in [3.05, 3.63) is 18.2 Å². The SMILES string of the molecule is COC(=O)CSCC(=O)Nc1ccc(OC)cc1N. The summed E-state index contributed by atoms with van der Waals surface area (Å²) in [7, 11) is 2.84. The van der Waals surface area contributed by atoms with Gasteiger partial charge in [0.25, 0.3) is 0 Å². The van der Waals surface area contributed by atoms with Gasteiger partial charge >= 0.3 is 5.97 Å². The quantitative estimate of drug-likeness (QED) is 0.601. The van der Waals surface area contributed by atoms with E-state index in [4.69, 9.17) is 10.5 Å². The summed E-state index contributed by atoms with van der Waals surface area (Å²) < 4.78 is 9.48. The number of carbonyl (C=O) groups excluding carboxylic acids is 2. The normalized spacial score (nSPS) is 9.79. The van der Waals surface area contributed by atoms with E-state index in [1.807, 2.05) is 0 Å². The minimum Gasteiger partial charge on any atom is -0.497 e. The van der Waals surface area contributed by atoms with Crippen molar-refractivity contribution in [2.45, 2.75) is 0 Å². The van der Waals surface area contributed by atoms with Crippen LogP contribution in [0.25, 0.3) is 0 Å². The van der Waals surface area contributed by atoms with Crippen LogP contribution in [0.1, 0.15) is 0 Å². The monoisotopic (exact) mass is 284 g/mol. The van der Waals surface area contributed by atoms with Crippen LogP contribution in [0.5, 0.6) is 5.75 Å². The van der Waals surface area contributed by atoms with Gasteiger partial charge < -0.3 is 20.5 Å². The molecule has 0 aromatic heterocycles. The Balaban J connectivity index is 2.46. The Morgan fingerprint density at radius 1 is 1.32 bits per heavy atom. The third-order valence-corrected chi connectivity index (χ3v) is 3.12. The predicted octanol–water partition coefficient (Wildman–Crippen LogP) is 1.12. The zero-order valence-corrected chi connectivity index (χ0v) is 11.6. The highest BCUT2D eigenvalue weighted by atomic mass is 32.2. The molecule has 0 atom stereocenters. The van der Waals surface area contributed by atoms with Crippen LogP contribution in [0.15, 0.2) is 18.2 Å². The summed E-state index contributed by atoms with van der Waals surface area (Å²) in [5.74, 6) is 0.325. The van der Waals surface area contributed by atoms with Gasteiger partial charge in [0.1, 0.15) is 5.75 Å². The Labute approximate surface area is 115 Å². The fraction of sp³-hybridized carbons (Fsp3) is 0.333. The molecule has 0 unspecified atom stereocenters. The highest BCUT2D eigenvalue weighted by molar-refractivity contribution is 8.00. The molecule has 0 bridgehead atoms. The number of hydrogen-bond donors (Lipinski definition) is 2. The van der Waals surface area contributed by atoms with Gasteiger partial charge in [0.05, 0.1) is 37.1 Å². The van der Waals surface area contributed by atoms with E-state index in [1.54, 1.807) is 18.2 Å². The third kappa shape index (κ3) is 5.09. The van der Waals surface area contributed by atoms with Crippen LogP contribution >= 0.6 is 11.8 Å². The minimum atomic E-state index is -0.359. The number of carbonyl (C=O) groups is 2. The van der Waals surface area contributed by atoms with Gasteiger partial charge in [-0.3, -0.25) is 9.59 Å². The van der Waals surface area contributed by atoms with Crippen molar-refractivity contribution in [2.75, 3.05) is 36.8 Å². The summed E-state index contributed by atoms with van der Waals surface area (Å²) in [4.78, 5) is 22.5. The van der Waals surface area contributed by atoms with Crippen LogP contribution in [-0.4, -0.2) is 37.6 Å². The van der Waals surface area contributed by atoms with Crippen LogP contribution in [-0.2, 0) is 14.3 Å². The summed E-state index contributed by atoms with van der Waals surface area (Å²) in [6, 6.07) is 4.99. The summed E-state index contributed by atoms with van der Waals surface area (Å²) in [5.41, 5.74) is 6.71. The van der Waals surface area contributed by atoms with Crippen molar-refractivity contribution in [3.63, 3.8) is 0 Å². The summed E-state index contributed by atoms with van der Waals surface area (Å²) >= 11 is 1.17. The molecule has 0 aliphatic rings. The molecule has 0 heterocycles. The molecule has 6 nitrogen and oxygen atoms in total. The molecule has 19 heavy (non-hydrogen) atoms. The van der Waals surface area contributed by atoms with E-state index in [2.05, 4.69) is 10.1 Å². The van der Waals surface area contributed by atoms with E-state index in [0.717, 1.165) is 0 Å². The number of amides is 1. The van der Waals surface area contributed by atoms with E-state index in [1.165, 1.54) is 26.0 Å². The van der Waals surface area contributed by atoms with Gasteiger partial charge in [0, 0.05) is 6.07 Å². The zero-order valence-electron chi connectivity index (χ0n) is 10.8. The second kappa shape index (κ2) is 7.52. The first-order valence-corrected chi connectivity index (χ1v) is 6.60. The van der Waals surface area contributed by atoms with E-state index in [9.17, 15) is 9.59 Å². The molecule has 1 amide bonds. The maximum Gasteiger partial charge on any atom is 0.315 e. The first-order valence-electron chi connectivity index (χ1n) is 5.44. The van der Waals surface area contributed by atoms with Crippen molar-refractivity contribution in [2.24, 2.45) is 0 Å². The Bertz CT molecular complexity index is 465. The van der Waals surface area contributed by atoms with Crippen LogP contribution in [0.4, 0.5) is 11.4 Å². The maximum atomic E-state index is 11.6. The van der Waals surface area contributed by atoms with Crippen molar-refractivity contribution in [1.82, 2.24) is 0 Å². The van der Waals surface area contributed by atoms with Crippen LogP contribution in [0.3, 0.4) is 0 Å². The number of nitrogens with one attached hydrogen (secondary N) is 1. The smallest absolute Gasteiger partial charge is 0.315 e. The molecular formula is C12H16N2O4S. The fourth-order valence-corrected chi connectivity index (χ4v) is 1.90. The van der Waals surface area contributed by atoms with Crippen molar-refractivity contribution in [3.8, 4) is 5.75 Å². The first kappa shape index (κ1) is 15.2. The maximum absolute atomic E-state index is 11.6. The molecule has 1 aromatic carbocycles. The fourth-order valence-electron chi connectivity index (χ4n) is 1.25. The number of nitrogens with two attached hydrogens (primary N) is 1. The Kier molecular flexibility index (Phi) is 6.01. The van der Waals surface area contributed by atoms with Gasteiger partial charge in [-0.2, -0.15) is 0 Å². The largest absolute Gasteiger partial charge is 0.497 e. The molecule has 1 aromatic rings. The zero-order chi connectivity index (χ0) is 14.3. The molecule has 0 spiro atoms. The Morgan fingerprint density at radius 2 is 2.05 bits per heavy atom. The van der Waals surface area contributed by atoms with Gasteiger partial charge in [-0.25, -0.2) is 0 Å². The molecule has 0 aliphatic heterocycles. The summed E-state index contributed by atoms with van der Waals surface area (Å²) in [6.07, 6.45) is 0. The average molecular weight is 284 g/mol. The summed E-state index contributed by atoms with van der Waals surface area (Å²) in [5, 5.41) is 2.66. The van der Waals surface area contributed by atoms with Gasteiger partial charge in [-0.15, -0.1) is 11.8 Å². The number of benzene rings is 1. The number of hydrogen-bond acceptors (Lipinski definition) is 6. The number of ether oxygens (including phenoxy) is 2. The number of methoxy groups -OCH3 is 2. The number of anilines is 2. The van der Waals surface area contributed by atoms with Gasteiger partial charge in [0.15, 0.2) is 0 Å². The topological polar surface area (TPSA) is 90.7 Å². The lowest BCUT2D eigenvalue weighted by Crippen LogP contribution is -2.16. The van der Waals surface area contributed by atoms with Gasteiger partial charge in [-0.1, -0.05) is 0 Å². The summed E-state index contributed by atoms with van der Waals surface area (Å²) in [6.45, 7) is 0. The molecule has 0 aliphatic carbocycles. The third-order valence-electron chi connectivity index (χ3n) is 2.21. The van der Waals surface area contributed by atoms with Crippen molar-refractivity contribution < 1.29 is 19.1 Å². The van der Waals surface area contributed by atoms with Crippen LogP contribution in [0.2, 0.25) is 0 Å². The molecule has 1 rings (SSSR count). The Hall–Kier alpha value is -1.89. The number of nitrogen functional groups attached to an aromatic ring is 1. The standard InChI is InChI=1S/C12H16N2O4S/c1-17-8-3-4-10(9(13)5-8)14-11(15)6-19-7-12(16)18-2/h3-5H,6-7,13H2,1-2H3,(H,14,15). The van der Waals surface area contributed by atoms with Crippen molar-refractivity contribution in [1.29, 1.82) is 0 Å². The lowest BCUT2D eigenvalue weighted by atomic mass is 10.2. The van der Waals surface area contributed by atoms with E-state index in [0.29, 0.717) is 17.1 Å². The highest BCUT2D eigenvalue weighted by Gasteiger charge is 2.08. The minimum absolute atomic E-state index is 0.141. The van der Waals surface area contributed by atoms with Crippen molar-refractivity contribution >= 4 is 35.0 Å². The molecule has 104 valence electrons. The predicted molar refractivity (Wildman–Crippen MR) is 75.4 cm³/mol. The lowest BCUT2D eigenvalue weighted by Gasteiger charge is -2.09.